The molecule has 0 bridgehead atoms. The third-order valence-corrected chi connectivity index (χ3v) is 6.76. The van der Waals surface area contributed by atoms with Gasteiger partial charge in [-0.05, 0) is 74.6 Å². The first-order chi connectivity index (χ1) is 13.1. The maximum absolute atomic E-state index is 13.3. The van der Waals surface area contributed by atoms with Crippen molar-refractivity contribution in [1.82, 2.24) is 0 Å². The van der Waals surface area contributed by atoms with Gasteiger partial charge in [-0.3, -0.25) is 4.79 Å². The first kappa shape index (κ1) is 18.5. The normalized spacial score (nSPS) is 25.3. The van der Waals surface area contributed by atoms with Crippen molar-refractivity contribution in [2.75, 3.05) is 11.4 Å². The van der Waals surface area contributed by atoms with Crippen LogP contribution in [0.4, 0.5) is 10.1 Å². The molecule has 4 heteroatoms. The van der Waals surface area contributed by atoms with Crippen LogP contribution in [0.25, 0.3) is 0 Å². The van der Waals surface area contributed by atoms with Crippen LogP contribution in [0, 0.1) is 17.2 Å². The molecule has 0 radical (unpaired) electrons. The Balaban J connectivity index is 1.37. The average molecular weight is 386 g/mol. The predicted octanol–water partition coefficient (Wildman–Crippen LogP) is 6.03. The van der Waals surface area contributed by atoms with Crippen LogP contribution >= 0.6 is 11.6 Å². The molecule has 2 fully saturated rings. The summed E-state index contributed by atoms with van der Waals surface area (Å²) in [6.07, 6.45) is 7.34. The van der Waals surface area contributed by atoms with Gasteiger partial charge in [0.2, 0.25) is 5.91 Å². The van der Waals surface area contributed by atoms with Gasteiger partial charge in [0.05, 0.1) is 16.1 Å². The van der Waals surface area contributed by atoms with Gasteiger partial charge in [-0.2, -0.15) is 0 Å². The summed E-state index contributed by atoms with van der Waals surface area (Å²) in [6, 6.07) is 14.9. The molecule has 0 unspecified atom stereocenters. The minimum absolute atomic E-state index is 0.178. The largest absolute Gasteiger partial charge is 0.310 e. The molecule has 1 saturated carbocycles. The molecule has 0 aromatic heterocycles. The molecule has 1 saturated heterocycles. The lowest BCUT2D eigenvalue weighted by atomic mass is 9.68. The monoisotopic (exact) mass is 385 g/mol. The molecule has 2 aromatic carbocycles. The first-order valence-corrected chi connectivity index (χ1v) is 10.3. The molecule has 1 heterocycles. The fraction of sp³-hybridized carbons (Fsp3) is 0.435. The highest BCUT2D eigenvalue weighted by Gasteiger charge is 2.48. The van der Waals surface area contributed by atoms with E-state index < -0.39 is 0 Å². The molecule has 1 aliphatic carbocycles. The van der Waals surface area contributed by atoms with Crippen molar-refractivity contribution in [2.24, 2.45) is 11.3 Å². The van der Waals surface area contributed by atoms with Gasteiger partial charge in [0.25, 0.3) is 0 Å². The lowest BCUT2D eigenvalue weighted by Gasteiger charge is -2.36. The van der Waals surface area contributed by atoms with Crippen molar-refractivity contribution in [3.05, 3.63) is 64.9 Å². The van der Waals surface area contributed by atoms with E-state index in [1.54, 1.807) is 11.0 Å². The van der Waals surface area contributed by atoms with Crippen molar-refractivity contribution < 1.29 is 9.18 Å². The number of carbonyl (C=O) groups excluding carboxylic acids is 1. The summed E-state index contributed by atoms with van der Waals surface area (Å²) in [4.78, 5) is 14.9. The molecule has 1 aliphatic heterocycles. The third-order valence-electron chi connectivity index (χ3n) is 6.46. The summed E-state index contributed by atoms with van der Waals surface area (Å²) in [6.45, 7) is 0.679. The third kappa shape index (κ3) is 3.75. The lowest BCUT2D eigenvalue weighted by molar-refractivity contribution is -0.127. The van der Waals surface area contributed by atoms with Gasteiger partial charge in [-0.15, -0.1) is 0 Å². The Bertz CT molecular complexity index is 814. The first-order valence-electron chi connectivity index (χ1n) is 9.88. The van der Waals surface area contributed by atoms with Crippen molar-refractivity contribution in [2.45, 2.75) is 44.9 Å². The molecular weight excluding hydrogens is 361 g/mol. The number of hydrogen-bond acceptors (Lipinski definition) is 1. The Morgan fingerprint density at radius 1 is 1.07 bits per heavy atom. The summed E-state index contributed by atoms with van der Waals surface area (Å²) in [5.74, 6) is 0.508. The Hall–Kier alpha value is -1.87. The number of hydrogen-bond donors (Lipinski definition) is 0. The van der Waals surface area contributed by atoms with Crippen LogP contribution in [-0.4, -0.2) is 12.5 Å². The Labute approximate surface area is 165 Å². The molecule has 4 rings (SSSR count). The van der Waals surface area contributed by atoms with E-state index in [1.807, 2.05) is 0 Å². The molecule has 2 aliphatic rings. The Morgan fingerprint density at radius 2 is 1.81 bits per heavy atom. The van der Waals surface area contributed by atoms with Gasteiger partial charge in [-0.1, -0.05) is 41.9 Å². The number of halogens is 2. The SMILES string of the molecule is O=C1N(c2ccc(F)cc2Cl)CCC12CCC(CCc1ccccc1)CC2. The zero-order valence-corrected chi connectivity index (χ0v) is 16.2. The van der Waals surface area contributed by atoms with E-state index in [0.717, 1.165) is 38.5 Å². The summed E-state index contributed by atoms with van der Waals surface area (Å²) in [5.41, 5.74) is 1.80. The average Bonchev–Trinajstić information content (AvgIpc) is 2.99. The van der Waals surface area contributed by atoms with Gasteiger partial charge in [0, 0.05) is 6.54 Å². The van der Waals surface area contributed by atoms with Gasteiger partial charge in [-0.25, -0.2) is 4.39 Å². The Kier molecular flexibility index (Phi) is 5.23. The maximum atomic E-state index is 13.3. The van der Waals surface area contributed by atoms with Crippen molar-refractivity contribution in [3.8, 4) is 0 Å². The van der Waals surface area contributed by atoms with E-state index in [0.29, 0.717) is 23.2 Å². The van der Waals surface area contributed by atoms with Gasteiger partial charge < -0.3 is 4.90 Å². The molecule has 0 N–H and O–H groups in total. The zero-order valence-electron chi connectivity index (χ0n) is 15.5. The lowest BCUT2D eigenvalue weighted by Crippen LogP contribution is -2.37. The van der Waals surface area contributed by atoms with E-state index in [9.17, 15) is 9.18 Å². The van der Waals surface area contributed by atoms with Crippen LogP contribution in [0.5, 0.6) is 0 Å². The predicted molar refractivity (Wildman–Crippen MR) is 108 cm³/mol. The van der Waals surface area contributed by atoms with Crippen molar-refractivity contribution in [3.63, 3.8) is 0 Å². The second-order valence-electron chi connectivity index (χ2n) is 8.05. The molecule has 0 atom stereocenters. The standard InChI is InChI=1S/C23H25ClFNO/c24-20-16-19(25)8-9-21(20)26-15-14-23(22(26)27)12-10-18(11-13-23)7-6-17-4-2-1-3-5-17/h1-5,8-9,16,18H,6-7,10-15H2. The topological polar surface area (TPSA) is 20.3 Å². The summed E-state index contributed by atoms with van der Waals surface area (Å²) in [7, 11) is 0. The quantitative estimate of drug-likeness (QED) is 0.629. The number of nitrogens with zero attached hydrogens (tertiary/aromatic N) is 1. The molecule has 2 nitrogen and oxygen atoms in total. The minimum atomic E-state index is -0.371. The number of carbonyl (C=O) groups is 1. The van der Waals surface area contributed by atoms with E-state index in [2.05, 4.69) is 30.3 Å². The molecular formula is C23H25ClFNO. The van der Waals surface area contributed by atoms with Crippen molar-refractivity contribution in [1.29, 1.82) is 0 Å². The van der Waals surface area contributed by atoms with Crippen LogP contribution < -0.4 is 4.90 Å². The van der Waals surface area contributed by atoms with Crippen LogP contribution in [0.3, 0.4) is 0 Å². The fourth-order valence-corrected chi connectivity index (χ4v) is 5.02. The molecule has 142 valence electrons. The summed E-state index contributed by atoms with van der Waals surface area (Å²) < 4.78 is 13.3. The van der Waals surface area contributed by atoms with Crippen LogP contribution in [0.15, 0.2) is 48.5 Å². The van der Waals surface area contributed by atoms with E-state index in [1.165, 1.54) is 24.1 Å². The van der Waals surface area contributed by atoms with E-state index in [-0.39, 0.29) is 17.1 Å². The molecule has 1 amide bonds. The summed E-state index contributed by atoms with van der Waals surface area (Å²) >= 11 is 6.19. The highest BCUT2D eigenvalue weighted by molar-refractivity contribution is 6.34. The maximum Gasteiger partial charge on any atom is 0.233 e. The van der Waals surface area contributed by atoms with Gasteiger partial charge >= 0.3 is 0 Å². The highest BCUT2D eigenvalue weighted by Crippen LogP contribution is 2.49. The van der Waals surface area contributed by atoms with Crippen LogP contribution in [-0.2, 0) is 11.2 Å². The Morgan fingerprint density at radius 3 is 2.52 bits per heavy atom. The summed E-state index contributed by atoms with van der Waals surface area (Å²) in [5, 5.41) is 0.317. The van der Waals surface area contributed by atoms with Gasteiger partial charge in [0.15, 0.2) is 0 Å². The molecule has 2 aromatic rings. The van der Waals surface area contributed by atoms with Gasteiger partial charge in [0.1, 0.15) is 5.82 Å². The molecule has 1 spiro atoms. The van der Waals surface area contributed by atoms with Crippen LogP contribution in [0.1, 0.15) is 44.1 Å². The van der Waals surface area contributed by atoms with Crippen LogP contribution in [0.2, 0.25) is 5.02 Å². The number of anilines is 1. The smallest absolute Gasteiger partial charge is 0.233 e. The van der Waals surface area contributed by atoms with E-state index in [4.69, 9.17) is 11.6 Å². The zero-order chi connectivity index (χ0) is 18.9. The fourth-order valence-electron chi connectivity index (χ4n) is 4.75. The minimum Gasteiger partial charge on any atom is -0.310 e. The second-order valence-corrected chi connectivity index (χ2v) is 8.46. The number of benzene rings is 2. The number of rotatable bonds is 4. The van der Waals surface area contributed by atoms with E-state index >= 15 is 0 Å². The molecule has 27 heavy (non-hydrogen) atoms. The highest BCUT2D eigenvalue weighted by atomic mass is 35.5. The number of aryl methyl sites for hydroxylation is 1. The van der Waals surface area contributed by atoms with Crippen molar-refractivity contribution >= 4 is 23.2 Å². The second kappa shape index (κ2) is 7.63. The number of amides is 1.